The summed E-state index contributed by atoms with van der Waals surface area (Å²) in [5.41, 5.74) is 2.05. The van der Waals surface area contributed by atoms with Gasteiger partial charge in [-0.05, 0) is 27.2 Å². The minimum atomic E-state index is -1.54. The average Bonchev–Trinajstić information content (AvgIpc) is 2.71. The van der Waals surface area contributed by atoms with Crippen molar-refractivity contribution >= 4 is 0 Å². The van der Waals surface area contributed by atoms with Gasteiger partial charge in [0.2, 0.25) is 0 Å². The second-order valence-electron chi connectivity index (χ2n) is 8.49. The first-order chi connectivity index (χ1) is 14.5. The monoisotopic (exact) mass is 448 g/mol. The van der Waals surface area contributed by atoms with Gasteiger partial charge in [-0.15, -0.1) is 0 Å². The molecule has 2 aliphatic rings. The van der Waals surface area contributed by atoms with E-state index in [0.717, 1.165) is 11.1 Å². The van der Waals surface area contributed by atoms with E-state index in [1.165, 1.54) is 0 Å². The molecule has 0 aliphatic carbocycles. The fourth-order valence-corrected chi connectivity index (χ4v) is 3.31. The standard InChI is InChI=1S/C21H36O10/c1-10(2)5-6-12(11(3)4)7-28-21-19(27)17(25)16(24)14(31-21)9-30-20-18(26)15(23)13(22)8-29-20/h5,12-27H,3,6-9H2,1-2,4H3/t12-,13-,14+,15-,16+,17-,18+,19+,20-,21+/m0/s1. The highest BCUT2D eigenvalue weighted by Gasteiger charge is 2.46. The highest BCUT2D eigenvalue weighted by atomic mass is 16.7. The summed E-state index contributed by atoms with van der Waals surface area (Å²) in [6.45, 7) is 9.43. The van der Waals surface area contributed by atoms with Gasteiger partial charge >= 0.3 is 0 Å². The van der Waals surface area contributed by atoms with Crippen molar-refractivity contribution in [1.29, 1.82) is 0 Å². The summed E-state index contributed by atoms with van der Waals surface area (Å²) in [5, 5.41) is 59.9. The molecule has 0 aromatic carbocycles. The largest absolute Gasteiger partial charge is 0.388 e. The van der Waals surface area contributed by atoms with Crippen LogP contribution in [0.15, 0.2) is 23.8 Å². The van der Waals surface area contributed by atoms with Gasteiger partial charge in [-0.1, -0.05) is 23.8 Å². The molecule has 0 radical (unpaired) electrons. The maximum absolute atomic E-state index is 10.3. The molecule has 2 heterocycles. The van der Waals surface area contributed by atoms with E-state index >= 15 is 0 Å². The highest BCUT2D eigenvalue weighted by Crippen LogP contribution is 2.26. The molecule has 0 saturated carbocycles. The van der Waals surface area contributed by atoms with Gasteiger partial charge in [0.05, 0.1) is 19.8 Å². The Labute approximate surface area is 182 Å². The van der Waals surface area contributed by atoms with Crippen LogP contribution in [-0.2, 0) is 18.9 Å². The van der Waals surface area contributed by atoms with E-state index in [9.17, 15) is 30.6 Å². The third-order valence-electron chi connectivity index (χ3n) is 5.52. The number of allylic oxidation sites excluding steroid dienone is 2. The van der Waals surface area contributed by atoms with Gasteiger partial charge in [-0.25, -0.2) is 0 Å². The first-order valence-corrected chi connectivity index (χ1v) is 10.4. The molecule has 10 heteroatoms. The van der Waals surface area contributed by atoms with Crippen LogP contribution in [-0.4, -0.2) is 106 Å². The van der Waals surface area contributed by atoms with Crippen molar-refractivity contribution in [2.45, 2.75) is 82.5 Å². The van der Waals surface area contributed by atoms with Crippen LogP contribution in [0.3, 0.4) is 0 Å². The number of hydrogen-bond acceptors (Lipinski definition) is 10. The topological polar surface area (TPSA) is 158 Å². The molecule has 2 aliphatic heterocycles. The summed E-state index contributed by atoms with van der Waals surface area (Å²) in [6.07, 6.45) is -9.50. The second-order valence-corrected chi connectivity index (χ2v) is 8.49. The molecule has 0 unspecified atom stereocenters. The number of rotatable bonds is 9. The van der Waals surface area contributed by atoms with Crippen molar-refractivity contribution in [3.63, 3.8) is 0 Å². The summed E-state index contributed by atoms with van der Waals surface area (Å²) in [6, 6.07) is 0. The van der Waals surface area contributed by atoms with Crippen molar-refractivity contribution in [3.05, 3.63) is 23.8 Å². The SMILES string of the molecule is C=C(C)[C@@H](CC=C(C)C)CO[C@@H]1O[C@H](CO[C@@H]2OC[C@H](O)[C@H](O)[C@H]2O)[C@@H](O)[C@H](O)[C@H]1O. The van der Waals surface area contributed by atoms with Crippen LogP contribution in [0, 0.1) is 5.92 Å². The van der Waals surface area contributed by atoms with Gasteiger partial charge in [0.1, 0.15) is 42.7 Å². The maximum atomic E-state index is 10.3. The summed E-state index contributed by atoms with van der Waals surface area (Å²) < 4.78 is 21.8. The third-order valence-corrected chi connectivity index (χ3v) is 5.52. The Morgan fingerprint density at radius 2 is 1.58 bits per heavy atom. The van der Waals surface area contributed by atoms with E-state index in [1.807, 2.05) is 20.8 Å². The minimum absolute atomic E-state index is 0.0249. The Balaban J connectivity index is 1.95. The van der Waals surface area contributed by atoms with Crippen molar-refractivity contribution in [2.75, 3.05) is 19.8 Å². The second kappa shape index (κ2) is 11.8. The van der Waals surface area contributed by atoms with Crippen LogP contribution in [0.2, 0.25) is 0 Å². The Morgan fingerprint density at radius 3 is 2.19 bits per heavy atom. The zero-order valence-corrected chi connectivity index (χ0v) is 18.2. The molecular weight excluding hydrogens is 412 g/mol. The normalized spacial score (nSPS) is 39.7. The quantitative estimate of drug-likeness (QED) is 0.237. The smallest absolute Gasteiger partial charge is 0.186 e. The van der Waals surface area contributed by atoms with Crippen LogP contribution in [0.25, 0.3) is 0 Å². The van der Waals surface area contributed by atoms with Crippen molar-refractivity contribution < 1.29 is 49.6 Å². The van der Waals surface area contributed by atoms with Crippen molar-refractivity contribution in [3.8, 4) is 0 Å². The lowest BCUT2D eigenvalue weighted by atomic mass is 9.97. The number of hydrogen-bond donors (Lipinski definition) is 6. The van der Waals surface area contributed by atoms with Crippen LogP contribution < -0.4 is 0 Å². The Morgan fingerprint density at radius 1 is 0.935 bits per heavy atom. The van der Waals surface area contributed by atoms with Crippen molar-refractivity contribution in [1.82, 2.24) is 0 Å². The molecule has 0 amide bonds. The molecule has 2 rings (SSSR count). The van der Waals surface area contributed by atoms with Crippen LogP contribution in [0.4, 0.5) is 0 Å². The lowest BCUT2D eigenvalue weighted by Crippen LogP contribution is -2.60. The Bertz CT molecular complexity index is 607. The zero-order chi connectivity index (χ0) is 23.3. The van der Waals surface area contributed by atoms with E-state index in [4.69, 9.17) is 18.9 Å². The maximum Gasteiger partial charge on any atom is 0.186 e. The fourth-order valence-electron chi connectivity index (χ4n) is 3.31. The van der Waals surface area contributed by atoms with E-state index in [-0.39, 0.29) is 25.7 Å². The lowest BCUT2D eigenvalue weighted by molar-refractivity contribution is -0.321. The fraction of sp³-hybridized carbons (Fsp3) is 0.810. The van der Waals surface area contributed by atoms with Gasteiger partial charge in [0.25, 0.3) is 0 Å². The molecular formula is C21H36O10. The molecule has 6 N–H and O–H groups in total. The molecule has 180 valence electrons. The number of aliphatic hydroxyl groups excluding tert-OH is 6. The predicted molar refractivity (Wildman–Crippen MR) is 109 cm³/mol. The Kier molecular flexibility index (Phi) is 10.0. The molecule has 10 nitrogen and oxygen atoms in total. The first kappa shape index (κ1) is 26.3. The summed E-state index contributed by atoms with van der Waals surface area (Å²) in [5.74, 6) is -0.0249. The highest BCUT2D eigenvalue weighted by molar-refractivity contribution is 5.03. The van der Waals surface area contributed by atoms with E-state index < -0.39 is 55.3 Å². The van der Waals surface area contributed by atoms with Gasteiger partial charge in [-0.2, -0.15) is 0 Å². The summed E-state index contributed by atoms with van der Waals surface area (Å²) >= 11 is 0. The molecule has 0 spiro atoms. The first-order valence-electron chi connectivity index (χ1n) is 10.4. The Hall–Kier alpha value is -0.920. The number of ether oxygens (including phenoxy) is 4. The molecule has 0 aromatic heterocycles. The minimum Gasteiger partial charge on any atom is -0.388 e. The van der Waals surface area contributed by atoms with Crippen molar-refractivity contribution in [2.24, 2.45) is 5.92 Å². The third kappa shape index (κ3) is 7.03. The molecule has 0 bridgehead atoms. The van der Waals surface area contributed by atoms with E-state index in [2.05, 4.69) is 12.7 Å². The van der Waals surface area contributed by atoms with Crippen LogP contribution in [0.1, 0.15) is 27.2 Å². The van der Waals surface area contributed by atoms with E-state index in [0.29, 0.717) is 6.42 Å². The van der Waals surface area contributed by atoms with Crippen LogP contribution >= 0.6 is 0 Å². The summed E-state index contributed by atoms with van der Waals surface area (Å²) in [4.78, 5) is 0. The lowest BCUT2D eigenvalue weighted by Gasteiger charge is -2.41. The number of aliphatic hydroxyl groups is 6. The van der Waals surface area contributed by atoms with Gasteiger partial charge in [0, 0.05) is 5.92 Å². The molecule has 0 aromatic rings. The zero-order valence-electron chi connectivity index (χ0n) is 18.2. The molecule has 2 fully saturated rings. The average molecular weight is 449 g/mol. The molecule has 10 atom stereocenters. The van der Waals surface area contributed by atoms with E-state index in [1.54, 1.807) is 0 Å². The summed E-state index contributed by atoms with van der Waals surface area (Å²) in [7, 11) is 0. The van der Waals surface area contributed by atoms with Crippen LogP contribution in [0.5, 0.6) is 0 Å². The van der Waals surface area contributed by atoms with Gasteiger partial charge in [0.15, 0.2) is 12.6 Å². The molecule has 2 saturated heterocycles. The molecule has 31 heavy (non-hydrogen) atoms. The van der Waals surface area contributed by atoms with Gasteiger partial charge in [-0.3, -0.25) is 0 Å². The van der Waals surface area contributed by atoms with Gasteiger partial charge < -0.3 is 49.6 Å². The predicted octanol–water partition coefficient (Wildman–Crippen LogP) is -1.19.